The molecule has 3 N–H and O–H groups in total. The topological polar surface area (TPSA) is 112 Å². The summed E-state index contributed by atoms with van der Waals surface area (Å²) in [4.78, 5) is 29.6. The number of benzene rings is 1. The van der Waals surface area contributed by atoms with Gasteiger partial charge < -0.3 is 15.0 Å². The number of aromatic amines is 1. The smallest absolute Gasteiger partial charge is 0.390 e. The van der Waals surface area contributed by atoms with Crippen LogP contribution < -0.4 is 15.4 Å². The second kappa shape index (κ2) is 9.34. The van der Waals surface area contributed by atoms with Crippen LogP contribution in [0.3, 0.4) is 0 Å². The molecule has 0 saturated heterocycles. The second-order valence-corrected chi connectivity index (χ2v) is 7.12. The van der Waals surface area contributed by atoms with Crippen LogP contribution in [0.5, 0.6) is 5.88 Å². The summed E-state index contributed by atoms with van der Waals surface area (Å²) in [6.45, 7) is 0.334. The molecule has 9 nitrogen and oxygen atoms in total. The van der Waals surface area contributed by atoms with Gasteiger partial charge in [-0.05, 0) is 17.7 Å². The Kier molecular flexibility index (Phi) is 6.62. The fourth-order valence-corrected chi connectivity index (χ4v) is 3.04. The molecule has 0 saturated carbocycles. The van der Waals surface area contributed by atoms with E-state index in [-0.39, 0.29) is 29.8 Å². The van der Waals surface area contributed by atoms with Crippen molar-refractivity contribution in [3.8, 4) is 5.88 Å². The minimum absolute atomic E-state index is 0.0547. The first-order valence-corrected chi connectivity index (χ1v) is 9.52. The van der Waals surface area contributed by atoms with Crippen LogP contribution in [-0.4, -0.2) is 39.3 Å². The highest BCUT2D eigenvalue weighted by Gasteiger charge is 2.16. The number of hydrogen-bond acceptors (Lipinski definition) is 6. The number of amides is 3. The Balaban J connectivity index is 1.47. The third-order valence-corrected chi connectivity index (χ3v) is 4.65. The van der Waals surface area contributed by atoms with Crippen molar-refractivity contribution in [3.05, 3.63) is 57.9 Å². The third kappa shape index (κ3) is 5.90. The molecule has 0 aliphatic carbocycles. The fraction of sp³-hybridized carbons (Fsp3) is 0.176. The van der Waals surface area contributed by atoms with Crippen molar-refractivity contribution in [2.24, 2.45) is 0 Å². The molecule has 0 aliphatic heterocycles. The number of H-pyrrole nitrogens is 1. The maximum Gasteiger partial charge on any atom is 0.416 e. The summed E-state index contributed by atoms with van der Waals surface area (Å²) in [5.74, 6) is -0.314. The molecule has 0 aliphatic rings. The van der Waals surface area contributed by atoms with E-state index in [2.05, 4.69) is 25.8 Å². The minimum Gasteiger partial charge on any atom is -0.390 e. The van der Waals surface area contributed by atoms with E-state index in [1.807, 2.05) is 0 Å². The number of carbonyl (C=O) groups excluding carboxylic acids is 2. The van der Waals surface area contributed by atoms with E-state index in [0.717, 1.165) is 0 Å². The Morgan fingerprint density at radius 3 is 2.97 bits per heavy atom. The van der Waals surface area contributed by atoms with E-state index in [9.17, 15) is 14.0 Å². The number of carbonyl (C=O) groups is 2. The molecule has 3 amide bonds. The van der Waals surface area contributed by atoms with Crippen LogP contribution in [0.4, 0.5) is 19.1 Å². The zero-order valence-corrected chi connectivity index (χ0v) is 16.7. The molecule has 0 spiro atoms. The van der Waals surface area contributed by atoms with E-state index >= 15 is 0 Å². The summed E-state index contributed by atoms with van der Waals surface area (Å²) < 4.78 is 18.2. The molecule has 0 fully saturated rings. The van der Waals surface area contributed by atoms with Gasteiger partial charge in [0, 0.05) is 19.0 Å². The van der Waals surface area contributed by atoms with Gasteiger partial charge in [0.2, 0.25) is 5.88 Å². The largest absolute Gasteiger partial charge is 0.416 e. The molecular weight excluding hydrogens is 423 g/mol. The molecule has 1 aromatic carbocycles. The van der Waals surface area contributed by atoms with Crippen LogP contribution in [0.1, 0.15) is 11.3 Å². The van der Waals surface area contributed by atoms with Crippen molar-refractivity contribution < 1.29 is 18.7 Å². The van der Waals surface area contributed by atoms with E-state index in [1.165, 1.54) is 41.6 Å². The average molecular weight is 439 g/mol. The number of nitrogens with zero attached hydrogens (tertiary/aromatic N) is 3. The van der Waals surface area contributed by atoms with Crippen LogP contribution >= 0.6 is 22.9 Å². The van der Waals surface area contributed by atoms with Gasteiger partial charge >= 0.3 is 12.1 Å². The summed E-state index contributed by atoms with van der Waals surface area (Å²) in [5, 5.41) is 13.6. The molecule has 0 unspecified atom stereocenters. The van der Waals surface area contributed by atoms with Gasteiger partial charge in [0.25, 0.3) is 0 Å². The molecule has 12 heteroatoms. The Labute approximate surface area is 173 Å². The van der Waals surface area contributed by atoms with E-state index in [4.69, 9.17) is 16.3 Å². The van der Waals surface area contributed by atoms with Gasteiger partial charge in [0.1, 0.15) is 10.8 Å². The SMILES string of the molecule is CN(Cc1csc(NC(=O)NCc2cccc(F)c2)n1)C(=O)Oc1[nH]ncc1Cl. The lowest BCUT2D eigenvalue weighted by Gasteiger charge is -2.14. The highest BCUT2D eigenvalue weighted by molar-refractivity contribution is 7.13. The number of urea groups is 1. The lowest BCUT2D eigenvalue weighted by atomic mass is 10.2. The predicted molar refractivity (Wildman–Crippen MR) is 105 cm³/mol. The van der Waals surface area contributed by atoms with Gasteiger partial charge in [-0.25, -0.2) is 24.1 Å². The Hall–Kier alpha value is -3.18. The fourth-order valence-electron chi connectivity index (χ4n) is 2.21. The summed E-state index contributed by atoms with van der Waals surface area (Å²) in [5.41, 5.74) is 1.20. The summed E-state index contributed by atoms with van der Waals surface area (Å²) in [7, 11) is 1.53. The number of aromatic nitrogens is 3. The predicted octanol–water partition coefficient (Wildman–Crippen LogP) is 3.61. The van der Waals surface area contributed by atoms with Gasteiger partial charge in [-0.3, -0.25) is 5.32 Å². The number of rotatable bonds is 6. The molecule has 3 rings (SSSR count). The molecule has 0 bridgehead atoms. The molecule has 29 heavy (non-hydrogen) atoms. The summed E-state index contributed by atoms with van der Waals surface area (Å²) in [6.07, 6.45) is 0.675. The summed E-state index contributed by atoms with van der Waals surface area (Å²) >= 11 is 7.01. The number of halogens is 2. The molecule has 2 heterocycles. The summed E-state index contributed by atoms with van der Waals surface area (Å²) in [6, 6.07) is 5.47. The van der Waals surface area contributed by atoms with Gasteiger partial charge in [-0.2, -0.15) is 5.10 Å². The minimum atomic E-state index is -0.647. The number of anilines is 1. The average Bonchev–Trinajstić information content (AvgIpc) is 3.29. The zero-order valence-electron chi connectivity index (χ0n) is 15.1. The quantitative estimate of drug-likeness (QED) is 0.544. The van der Waals surface area contributed by atoms with E-state index < -0.39 is 12.1 Å². The van der Waals surface area contributed by atoms with Gasteiger partial charge in [0.05, 0.1) is 18.4 Å². The molecule has 2 aromatic heterocycles. The van der Waals surface area contributed by atoms with Crippen LogP contribution in [-0.2, 0) is 13.1 Å². The number of hydrogen-bond donors (Lipinski definition) is 3. The van der Waals surface area contributed by atoms with E-state index in [0.29, 0.717) is 16.4 Å². The highest BCUT2D eigenvalue weighted by atomic mass is 35.5. The molecule has 152 valence electrons. The van der Waals surface area contributed by atoms with Gasteiger partial charge in [0.15, 0.2) is 5.13 Å². The maximum absolute atomic E-state index is 13.1. The molecule has 3 aromatic rings. The monoisotopic (exact) mass is 438 g/mol. The Morgan fingerprint density at radius 1 is 1.41 bits per heavy atom. The number of nitrogens with one attached hydrogen (secondary N) is 3. The first-order valence-electron chi connectivity index (χ1n) is 8.26. The lowest BCUT2D eigenvalue weighted by molar-refractivity contribution is 0.158. The van der Waals surface area contributed by atoms with Crippen molar-refractivity contribution in [1.29, 1.82) is 0 Å². The normalized spacial score (nSPS) is 10.4. The molecule has 0 radical (unpaired) electrons. The van der Waals surface area contributed by atoms with Crippen molar-refractivity contribution in [2.45, 2.75) is 13.1 Å². The second-order valence-electron chi connectivity index (χ2n) is 5.85. The highest BCUT2D eigenvalue weighted by Crippen LogP contribution is 2.21. The number of ether oxygens (including phenoxy) is 1. The van der Waals surface area contributed by atoms with Crippen molar-refractivity contribution >= 4 is 40.2 Å². The Morgan fingerprint density at radius 2 is 2.24 bits per heavy atom. The van der Waals surface area contributed by atoms with Crippen LogP contribution in [0.15, 0.2) is 35.8 Å². The first-order chi connectivity index (χ1) is 13.9. The van der Waals surface area contributed by atoms with Crippen LogP contribution in [0.25, 0.3) is 0 Å². The van der Waals surface area contributed by atoms with Gasteiger partial charge in [-0.1, -0.05) is 23.7 Å². The first kappa shape index (κ1) is 20.6. The van der Waals surface area contributed by atoms with Crippen LogP contribution in [0.2, 0.25) is 5.02 Å². The lowest BCUT2D eigenvalue weighted by Crippen LogP contribution is -2.29. The van der Waals surface area contributed by atoms with Crippen LogP contribution in [0, 0.1) is 5.82 Å². The molecule has 0 atom stereocenters. The number of thiazole rings is 1. The zero-order chi connectivity index (χ0) is 20.8. The van der Waals surface area contributed by atoms with Gasteiger partial charge in [-0.15, -0.1) is 11.3 Å². The van der Waals surface area contributed by atoms with E-state index in [1.54, 1.807) is 17.5 Å². The maximum atomic E-state index is 13.1. The molecular formula is C17H16ClFN6O3S. The van der Waals surface area contributed by atoms with Crippen molar-refractivity contribution in [3.63, 3.8) is 0 Å². The van der Waals surface area contributed by atoms with Crippen molar-refractivity contribution in [2.75, 3.05) is 12.4 Å². The van der Waals surface area contributed by atoms with Crippen molar-refractivity contribution in [1.82, 2.24) is 25.4 Å². The third-order valence-electron chi connectivity index (χ3n) is 3.58. The standard InChI is InChI=1S/C17H16ClFN6O3S/c1-25(17(27)28-14-13(18)7-21-24-14)8-12-9-29-16(22-12)23-15(26)20-6-10-3-2-4-11(19)5-10/h2-5,7,9H,6,8H2,1H3,(H,21,24)(H2,20,22,23,26). The Bertz CT molecular complexity index is 1010.